The van der Waals surface area contributed by atoms with E-state index in [-0.39, 0.29) is 11.3 Å². The monoisotopic (exact) mass is 270 g/mol. The van der Waals surface area contributed by atoms with Gasteiger partial charge in [-0.15, -0.1) is 0 Å². The molecule has 1 aromatic rings. The highest BCUT2D eigenvalue weighted by molar-refractivity contribution is 7.89. The van der Waals surface area contributed by atoms with Gasteiger partial charge in [-0.25, -0.2) is 8.42 Å². The molecule has 0 fully saturated rings. The molecule has 6 heteroatoms. The zero-order valence-electron chi connectivity index (χ0n) is 10.7. The average molecular weight is 270 g/mol. The fourth-order valence-corrected chi connectivity index (χ4v) is 2.82. The van der Waals surface area contributed by atoms with Crippen molar-refractivity contribution >= 4 is 15.9 Å². The van der Waals surface area contributed by atoms with Crippen molar-refractivity contribution in [3.63, 3.8) is 0 Å². The van der Waals surface area contributed by atoms with E-state index in [1.165, 1.54) is 19.1 Å². The van der Waals surface area contributed by atoms with Crippen LogP contribution in [0.15, 0.2) is 29.2 Å². The lowest BCUT2D eigenvalue weighted by atomic mass is 10.0. The quantitative estimate of drug-likeness (QED) is 0.834. The molecule has 0 bridgehead atoms. The van der Waals surface area contributed by atoms with E-state index in [1.807, 2.05) is 6.92 Å². The summed E-state index contributed by atoms with van der Waals surface area (Å²) in [5, 5.41) is 0. The molecule has 0 saturated heterocycles. The summed E-state index contributed by atoms with van der Waals surface area (Å²) < 4.78 is 26.6. The number of amides is 1. The maximum absolute atomic E-state index is 12.1. The maximum atomic E-state index is 12.1. The minimum Gasteiger partial charge on any atom is -0.368 e. The highest BCUT2D eigenvalue weighted by Gasteiger charge is 2.34. The van der Waals surface area contributed by atoms with Gasteiger partial charge in [0.15, 0.2) is 0 Å². The van der Waals surface area contributed by atoms with Crippen molar-refractivity contribution in [2.24, 2.45) is 5.73 Å². The molecule has 18 heavy (non-hydrogen) atoms. The summed E-state index contributed by atoms with van der Waals surface area (Å²) in [7, 11) is -3.74. The van der Waals surface area contributed by atoms with Gasteiger partial charge in [-0.05, 0) is 32.4 Å². The van der Waals surface area contributed by atoms with Crippen LogP contribution < -0.4 is 10.5 Å². The number of hydrogen-bond donors (Lipinski definition) is 2. The Bertz CT molecular complexity index is 537. The van der Waals surface area contributed by atoms with Crippen LogP contribution in [0.1, 0.15) is 25.8 Å². The number of benzene rings is 1. The first-order valence-electron chi connectivity index (χ1n) is 5.62. The van der Waals surface area contributed by atoms with E-state index in [2.05, 4.69) is 4.72 Å². The van der Waals surface area contributed by atoms with Gasteiger partial charge in [0.1, 0.15) is 5.54 Å². The molecular formula is C12H18N2O3S. The van der Waals surface area contributed by atoms with Crippen molar-refractivity contribution in [2.45, 2.75) is 37.6 Å². The lowest BCUT2D eigenvalue weighted by Crippen LogP contribution is -2.54. The second-order valence-electron chi connectivity index (χ2n) is 4.47. The highest BCUT2D eigenvalue weighted by Crippen LogP contribution is 2.16. The number of nitrogens with two attached hydrogens (primary N) is 1. The molecule has 1 rings (SSSR count). The Hall–Kier alpha value is -1.40. The number of nitrogens with one attached hydrogen (secondary N) is 1. The average Bonchev–Trinajstić information content (AvgIpc) is 2.28. The van der Waals surface area contributed by atoms with Gasteiger partial charge in [-0.2, -0.15) is 4.72 Å². The molecular weight excluding hydrogens is 252 g/mol. The van der Waals surface area contributed by atoms with Crippen molar-refractivity contribution in [3.8, 4) is 0 Å². The molecule has 1 atom stereocenters. The minimum absolute atomic E-state index is 0.119. The SMILES string of the molecule is CCC(C)(NS(=O)(=O)c1ccc(C)cc1)C(N)=O. The fourth-order valence-electron chi connectivity index (χ4n) is 1.37. The van der Waals surface area contributed by atoms with Gasteiger partial charge in [0.05, 0.1) is 4.90 Å². The number of carbonyl (C=O) groups is 1. The highest BCUT2D eigenvalue weighted by atomic mass is 32.2. The first-order chi connectivity index (χ1) is 8.21. The minimum atomic E-state index is -3.74. The molecule has 0 saturated carbocycles. The molecule has 0 aromatic heterocycles. The molecule has 0 spiro atoms. The normalized spacial score (nSPS) is 15.1. The molecule has 100 valence electrons. The molecule has 0 heterocycles. The molecule has 0 radical (unpaired) electrons. The van der Waals surface area contributed by atoms with E-state index in [4.69, 9.17) is 5.73 Å². The predicted octanol–water partition coefficient (Wildman–Crippen LogP) is 0.927. The van der Waals surface area contributed by atoms with Crippen molar-refractivity contribution in [1.29, 1.82) is 0 Å². The Kier molecular flexibility index (Phi) is 4.13. The van der Waals surface area contributed by atoms with Crippen molar-refractivity contribution < 1.29 is 13.2 Å². The second kappa shape index (κ2) is 5.07. The number of rotatable bonds is 5. The van der Waals surface area contributed by atoms with E-state index in [0.29, 0.717) is 0 Å². The molecule has 0 aliphatic carbocycles. The molecule has 0 aliphatic rings. The zero-order chi connectivity index (χ0) is 14.0. The fraction of sp³-hybridized carbons (Fsp3) is 0.417. The predicted molar refractivity (Wildman–Crippen MR) is 69.4 cm³/mol. The summed E-state index contributed by atoms with van der Waals surface area (Å²) in [4.78, 5) is 11.4. The van der Waals surface area contributed by atoms with Crippen LogP contribution in [0.2, 0.25) is 0 Å². The standard InChI is InChI=1S/C12H18N2O3S/c1-4-12(3,11(13)15)14-18(16,17)10-7-5-9(2)6-8-10/h5-8,14H,4H2,1-3H3,(H2,13,15). The van der Waals surface area contributed by atoms with Crippen LogP contribution in [0.5, 0.6) is 0 Å². The largest absolute Gasteiger partial charge is 0.368 e. The Balaban J connectivity index is 3.09. The lowest BCUT2D eigenvalue weighted by Gasteiger charge is -2.25. The van der Waals surface area contributed by atoms with Gasteiger partial charge in [0.2, 0.25) is 15.9 Å². The summed E-state index contributed by atoms with van der Waals surface area (Å²) in [6, 6.07) is 6.38. The van der Waals surface area contributed by atoms with Gasteiger partial charge >= 0.3 is 0 Å². The molecule has 1 amide bonds. The van der Waals surface area contributed by atoms with E-state index in [0.717, 1.165) is 5.56 Å². The maximum Gasteiger partial charge on any atom is 0.241 e. The number of carbonyl (C=O) groups excluding carboxylic acids is 1. The van der Waals surface area contributed by atoms with Crippen LogP contribution in [0.4, 0.5) is 0 Å². The lowest BCUT2D eigenvalue weighted by molar-refractivity contribution is -0.123. The smallest absolute Gasteiger partial charge is 0.241 e. The van der Waals surface area contributed by atoms with E-state index in [9.17, 15) is 13.2 Å². The topological polar surface area (TPSA) is 89.3 Å². The zero-order valence-corrected chi connectivity index (χ0v) is 11.5. The third kappa shape index (κ3) is 3.08. The first kappa shape index (κ1) is 14.7. The Labute approximate surface area is 107 Å². The third-order valence-corrected chi connectivity index (χ3v) is 4.55. The van der Waals surface area contributed by atoms with Gasteiger partial charge in [-0.1, -0.05) is 24.6 Å². The van der Waals surface area contributed by atoms with Gasteiger partial charge < -0.3 is 5.73 Å². The van der Waals surface area contributed by atoms with Gasteiger partial charge in [-0.3, -0.25) is 4.79 Å². The van der Waals surface area contributed by atoms with Crippen molar-refractivity contribution in [3.05, 3.63) is 29.8 Å². The number of sulfonamides is 1. The van der Waals surface area contributed by atoms with Crippen LogP contribution >= 0.6 is 0 Å². The van der Waals surface area contributed by atoms with E-state index < -0.39 is 21.5 Å². The van der Waals surface area contributed by atoms with Crippen molar-refractivity contribution in [1.82, 2.24) is 4.72 Å². The summed E-state index contributed by atoms with van der Waals surface area (Å²) in [6.07, 6.45) is 0.285. The summed E-state index contributed by atoms with van der Waals surface area (Å²) in [5.41, 5.74) is 4.91. The second-order valence-corrected chi connectivity index (χ2v) is 6.15. The van der Waals surface area contributed by atoms with Crippen LogP contribution in [0.25, 0.3) is 0 Å². The van der Waals surface area contributed by atoms with Crippen LogP contribution in [-0.2, 0) is 14.8 Å². The summed E-state index contributed by atoms with van der Waals surface area (Å²) >= 11 is 0. The van der Waals surface area contributed by atoms with E-state index >= 15 is 0 Å². The number of hydrogen-bond acceptors (Lipinski definition) is 3. The van der Waals surface area contributed by atoms with Crippen molar-refractivity contribution in [2.75, 3.05) is 0 Å². The van der Waals surface area contributed by atoms with Gasteiger partial charge in [0, 0.05) is 0 Å². The van der Waals surface area contributed by atoms with Gasteiger partial charge in [0.25, 0.3) is 0 Å². The molecule has 5 nitrogen and oxygen atoms in total. The summed E-state index contributed by atoms with van der Waals surface area (Å²) in [6.45, 7) is 5.03. The van der Waals surface area contributed by atoms with Crippen LogP contribution in [0.3, 0.4) is 0 Å². The summed E-state index contributed by atoms with van der Waals surface area (Å²) in [5.74, 6) is -0.694. The Morgan fingerprint density at radius 2 is 1.83 bits per heavy atom. The van der Waals surface area contributed by atoms with Crippen LogP contribution in [0, 0.1) is 6.92 Å². The number of primary amides is 1. The first-order valence-corrected chi connectivity index (χ1v) is 7.10. The Morgan fingerprint density at radius 3 is 2.22 bits per heavy atom. The molecule has 1 unspecified atom stereocenters. The van der Waals surface area contributed by atoms with Crippen LogP contribution in [-0.4, -0.2) is 19.9 Å². The molecule has 3 N–H and O–H groups in total. The van der Waals surface area contributed by atoms with E-state index in [1.54, 1.807) is 19.1 Å². The molecule has 0 aliphatic heterocycles. The third-order valence-electron chi connectivity index (χ3n) is 2.94. The molecule has 1 aromatic carbocycles. The Morgan fingerprint density at radius 1 is 1.33 bits per heavy atom. The number of aryl methyl sites for hydroxylation is 1.